The van der Waals surface area contributed by atoms with Crippen molar-refractivity contribution in [2.24, 2.45) is 0 Å². The van der Waals surface area contributed by atoms with E-state index in [2.05, 4.69) is 20.7 Å². The lowest BCUT2D eigenvalue weighted by Gasteiger charge is -2.11. The van der Waals surface area contributed by atoms with E-state index < -0.39 is 25.1 Å². The molecule has 1 atom stereocenters. The van der Waals surface area contributed by atoms with Crippen LogP contribution in [0.25, 0.3) is 0 Å². The fourth-order valence-electron chi connectivity index (χ4n) is 2.02. The summed E-state index contributed by atoms with van der Waals surface area (Å²) in [4.78, 5) is 0.0455. The van der Waals surface area contributed by atoms with E-state index in [1.807, 2.05) is 0 Å². The summed E-state index contributed by atoms with van der Waals surface area (Å²) >= 11 is 8.96. The quantitative estimate of drug-likeness (QED) is 0.835. The first kappa shape index (κ1) is 16.2. The number of rotatable bonds is 4. The first-order valence-corrected chi connectivity index (χ1v) is 10.3. The van der Waals surface area contributed by atoms with Crippen molar-refractivity contribution in [1.29, 1.82) is 0 Å². The van der Waals surface area contributed by atoms with Crippen LogP contribution in [0.1, 0.15) is 12.8 Å². The second-order valence-corrected chi connectivity index (χ2v) is 9.99. The lowest BCUT2D eigenvalue weighted by atomic mass is 10.2. The molecule has 9 heteroatoms. The molecule has 0 bridgehead atoms. The molecule has 1 aliphatic heterocycles. The molecule has 0 aliphatic carbocycles. The number of sulfone groups is 1. The number of hydrogen-bond acceptors (Lipinski definition) is 4. The molecule has 1 aromatic carbocycles. The van der Waals surface area contributed by atoms with Crippen LogP contribution in [0.2, 0.25) is 5.02 Å². The Morgan fingerprint density at radius 1 is 1.40 bits per heavy atom. The fourth-order valence-corrected chi connectivity index (χ4v) is 5.64. The second-order valence-electron chi connectivity index (χ2n) is 4.56. The minimum Gasteiger partial charge on any atom is -0.229 e. The van der Waals surface area contributed by atoms with Crippen molar-refractivity contribution in [3.8, 4) is 0 Å². The van der Waals surface area contributed by atoms with Gasteiger partial charge in [-0.25, -0.2) is 21.6 Å². The lowest BCUT2D eigenvalue weighted by Crippen LogP contribution is -2.34. The van der Waals surface area contributed by atoms with E-state index in [9.17, 15) is 16.8 Å². The third kappa shape index (κ3) is 3.54. The van der Waals surface area contributed by atoms with Crippen molar-refractivity contribution >= 4 is 47.4 Å². The molecule has 1 saturated heterocycles. The standard InChI is InChI=1S/C11H13BrClNO4S2/c12-10-6-8(3-4-11(10)13)20(17,18)14-7-9-2-1-5-19(9,15)16/h3-4,6,9,14H,1-2,5,7H2. The average molecular weight is 403 g/mol. The van der Waals surface area contributed by atoms with E-state index in [4.69, 9.17) is 11.6 Å². The summed E-state index contributed by atoms with van der Waals surface area (Å²) in [7, 11) is -6.90. The summed E-state index contributed by atoms with van der Waals surface area (Å²) in [5.74, 6) is 0.131. The van der Waals surface area contributed by atoms with Crippen LogP contribution >= 0.6 is 27.5 Å². The summed E-state index contributed by atoms with van der Waals surface area (Å²) in [5.41, 5.74) is 0. The van der Waals surface area contributed by atoms with Crippen molar-refractivity contribution in [2.45, 2.75) is 23.0 Å². The predicted molar refractivity (Wildman–Crippen MR) is 81.1 cm³/mol. The zero-order valence-corrected chi connectivity index (χ0v) is 14.3. The van der Waals surface area contributed by atoms with Crippen molar-refractivity contribution in [2.75, 3.05) is 12.3 Å². The van der Waals surface area contributed by atoms with E-state index >= 15 is 0 Å². The molecule has 1 fully saturated rings. The lowest BCUT2D eigenvalue weighted by molar-refractivity contribution is 0.571. The van der Waals surface area contributed by atoms with Gasteiger partial charge in [0.1, 0.15) is 0 Å². The van der Waals surface area contributed by atoms with Gasteiger partial charge in [0.2, 0.25) is 10.0 Å². The van der Waals surface area contributed by atoms with Crippen LogP contribution in [0, 0.1) is 0 Å². The van der Waals surface area contributed by atoms with Gasteiger partial charge in [-0.15, -0.1) is 0 Å². The molecule has 20 heavy (non-hydrogen) atoms. The first-order valence-electron chi connectivity index (χ1n) is 5.89. The predicted octanol–water partition coefficient (Wildman–Crippen LogP) is 1.96. The highest BCUT2D eigenvalue weighted by atomic mass is 79.9. The summed E-state index contributed by atoms with van der Waals surface area (Å²) in [6.45, 7) is -0.0923. The van der Waals surface area contributed by atoms with E-state index in [0.717, 1.165) is 0 Å². The molecular formula is C11H13BrClNO4S2. The zero-order valence-electron chi connectivity index (χ0n) is 10.3. The van der Waals surface area contributed by atoms with Gasteiger partial charge in [-0.1, -0.05) is 11.6 Å². The first-order chi connectivity index (χ1) is 9.22. The van der Waals surface area contributed by atoms with Gasteiger partial charge in [0, 0.05) is 11.0 Å². The maximum absolute atomic E-state index is 12.1. The van der Waals surface area contributed by atoms with E-state index in [0.29, 0.717) is 22.3 Å². The molecule has 112 valence electrons. The number of benzene rings is 1. The van der Waals surface area contributed by atoms with E-state index in [-0.39, 0.29) is 17.2 Å². The van der Waals surface area contributed by atoms with Crippen LogP contribution in [0.5, 0.6) is 0 Å². The van der Waals surface area contributed by atoms with Gasteiger partial charge in [-0.2, -0.15) is 0 Å². The molecule has 1 heterocycles. The Labute approximate surface area is 131 Å². The Morgan fingerprint density at radius 2 is 2.10 bits per heavy atom. The van der Waals surface area contributed by atoms with Gasteiger partial charge < -0.3 is 0 Å². The van der Waals surface area contributed by atoms with E-state index in [1.165, 1.54) is 18.2 Å². The smallest absolute Gasteiger partial charge is 0.229 e. The monoisotopic (exact) mass is 401 g/mol. The molecule has 2 rings (SSSR count). The Hall–Kier alpha value is -0.150. The average Bonchev–Trinajstić information content (AvgIpc) is 2.69. The molecule has 0 radical (unpaired) electrons. The van der Waals surface area contributed by atoms with Gasteiger partial charge in [-0.3, -0.25) is 0 Å². The summed E-state index contributed by atoms with van der Waals surface area (Å²) < 4.78 is 50.3. The summed E-state index contributed by atoms with van der Waals surface area (Å²) in [6.07, 6.45) is 1.08. The van der Waals surface area contributed by atoms with Crippen molar-refractivity contribution in [1.82, 2.24) is 4.72 Å². The molecule has 0 amide bonds. The third-order valence-electron chi connectivity index (χ3n) is 3.17. The number of nitrogens with one attached hydrogen (secondary N) is 1. The van der Waals surface area contributed by atoms with Gasteiger partial charge in [0.25, 0.3) is 0 Å². The maximum Gasteiger partial charge on any atom is 0.240 e. The van der Waals surface area contributed by atoms with Gasteiger partial charge in [0.05, 0.1) is 20.9 Å². The molecule has 0 spiro atoms. The normalized spacial score (nSPS) is 22.0. The Balaban J connectivity index is 2.13. The number of sulfonamides is 1. The van der Waals surface area contributed by atoms with Crippen LogP contribution in [0.4, 0.5) is 0 Å². The van der Waals surface area contributed by atoms with Crippen molar-refractivity contribution in [3.63, 3.8) is 0 Å². The van der Waals surface area contributed by atoms with Crippen LogP contribution < -0.4 is 4.72 Å². The molecule has 1 aliphatic rings. The highest BCUT2D eigenvalue weighted by Crippen LogP contribution is 2.25. The molecule has 1 N–H and O–H groups in total. The minimum atomic E-state index is -3.74. The number of halogens is 2. The second kappa shape index (κ2) is 5.92. The highest BCUT2D eigenvalue weighted by molar-refractivity contribution is 9.10. The van der Waals surface area contributed by atoms with Gasteiger partial charge in [-0.05, 0) is 47.0 Å². The number of hydrogen-bond donors (Lipinski definition) is 1. The summed E-state index contributed by atoms with van der Waals surface area (Å²) in [6, 6.07) is 4.22. The Kier molecular flexibility index (Phi) is 4.80. The largest absolute Gasteiger partial charge is 0.240 e. The SMILES string of the molecule is O=S(=O)(NCC1CCCS1(=O)=O)c1ccc(Cl)c(Br)c1. The van der Waals surface area contributed by atoms with Crippen LogP contribution in [-0.2, 0) is 19.9 Å². The topological polar surface area (TPSA) is 80.3 Å². The van der Waals surface area contributed by atoms with Gasteiger partial charge >= 0.3 is 0 Å². The molecular weight excluding hydrogens is 390 g/mol. The highest BCUT2D eigenvalue weighted by Gasteiger charge is 2.32. The minimum absolute atomic E-state index is 0.0455. The van der Waals surface area contributed by atoms with Crippen LogP contribution in [0.15, 0.2) is 27.6 Å². The third-order valence-corrected chi connectivity index (χ3v) is 8.08. The maximum atomic E-state index is 12.1. The molecule has 1 unspecified atom stereocenters. The van der Waals surface area contributed by atoms with Crippen molar-refractivity contribution in [3.05, 3.63) is 27.7 Å². The van der Waals surface area contributed by atoms with Gasteiger partial charge in [0.15, 0.2) is 9.84 Å². The van der Waals surface area contributed by atoms with Crippen LogP contribution in [-0.4, -0.2) is 34.4 Å². The zero-order chi connectivity index (χ0) is 15.0. The van der Waals surface area contributed by atoms with Crippen LogP contribution in [0.3, 0.4) is 0 Å². The Bertz CT molecular complexity index is 718. The molecule has 0 aromatic heterocycles. The summed E-state index contributed by atoms with van der Waals surface area (Å²) in [5, 5.41) is -0.227. The fraction of sp³-hybridized carbons (Fsp3) is 0.455. The molecule has 0 saturated carbocycles. The van der Waals surface area contributed by atoms with E-state index in [1.54, 1.807) is 0 Å². The van der Waals surface area contributed by atoms with Crippen molar-refractivity contribution < 1.29 is 16.8 Å². The Morgan fingerprint density at radius 3 is 2.65 bits per heavy atom. The molecule has 5 nitrogen and oxygen atoms in total. The molecule has 1 aromatic rings.